The van der Waals surface area contributed by atoms with E-state index in [9.17, 15) is 19.1 Å². The van der Waals surface area contributed by atoms with Crippen LogP contribution in [0.25, 0.3) is 5.76 Å². The summed E-state index contributed by atoms with van der Waals surface area (Å²) in [6.45, 7) is 15.1. The maximum atomic E-state index is 14.7. The molecule has 1 heterocycles. The third-order valence-electron chi connectivity index (χ3n) is 6.93. The molecule has 0 aromatic heterocycles. The predicted octanol–water partition coefficient (Wildman–Crippen LogP) is 3.28. The first kappa shape index (κ1) is 28.4. The molecular formula is C30H39FN2O4. The zero-order chi connectivity index (χ0) is 27.3. The third-order valence-corrected chi connectivity index (χ3v) is 6.93. The third kappa shape index (κ3) is 6.39. The minimum Gasteiger partial charge on any atom is -0.872 e. The van der Waals surface area contributed by atoms with E-state index in [4.69, 9.17) is 4.74 Å². The van der Waals surface area contributed by atoms with Crippen LogP contribution in [0.2, 0.25) is 0 Å². The Balaban J connectivity index is 2.05. The molecule has 1 aliphatic rings. The van der Waals surface area contributed by atoms with Gasteiger partial charge in [0, 0.05) is 18.5 Å². The molecule has 1 atom stereocenters. The molecule has 7 heteroatoms. The van der Waals surface area contributed by atoms with Crippen molar-refractivity contribution in [1.82, 2.24) is 4.90 Å². The number of halogens is 1. The number of ether oxygens (including phenoxy) is 1. The van der Waals surface area contributed by atoms with E-state index in [2.05, 4.69) is 27.7 Å². The summed E-state index contributed by atoms with van der Waals surface area (Å²) in [6.07, 6.45) is 0.470. The largest absolute Gasteiger partial charge is 0.872 e. The van der Waals surface area contributed by atoms with Crippen LogP contribution in [0.5, 0.6) is 5.75 Å². The molecule has 0 spiro atoms. The number of carbonyl (C=O) groups is 2. The van der Waals surface area contributed by atoms with Crippen molar-refractivity contribution in [2.45, 2.75) is 66.0 Å². The van der Waals surface area contributed by atoms with Crippen LogP contribution in [0.3, 0.4) is 0 Å². The highest BCUT2D eigenvalue weighted by molar-refractivity contribution is 6.46. The molecule has 1 N–H and O–H groups in total. The zero-order valence-corrected chi connectivity index (χ0v) is 22.8. The molecule has 3 rings (SSSR count). The van der Waals surface area contributed by atoms with Crippen LogP contribution in [0.4, 0.5) is 4.39 Å². The Morgan fingerprint density at radius 2 is 1.70 bits per heavy atom. The highest BCUT2D eigenvalue weighted by Crippen LogP contribution is 2.39. The number of nitrogens with zero attached hydrogens (tertiary/aromatic N) is 1. The predicted molar refractivity (Wildman–Crippen MR) is 141 cm³/mol. The lowest BCUT2D eigenvalue weighted by Gasteiger charge is -2.28. The fourth-order valence-corrected chi connectivity index (χ4v) is 4.76. The summed E-state index contributed by atoms with van der Waals surface area (Å²) in [6, 6.07) is 10.8. The standard InChI is InChI=1S/C30H39FN2O4/c1-7-32(8-2)16-9-17-33-27(22-12-10-21(11-13-22)19(3)4)26(29(35)30(33)36)28(34)23-14-15-25(24(31)18-23)37-20(5)6/h10-15,18-20,27,34H,7-9,16-17H2,1-6H3. The molecule has 1 aliphatic heterocycles. The number of Topliss-reactive ketones (excluding diaryl/α,β-unsaturated/α-hetero) is 1. The van der Waals surface area contributed by atoms with Gasteiger partial charge in [-0.3, -0.25) is 9.59 Å². The second kappa shape index (κ2) is 12.4. The summed E-state index contributed by atoms with van der Waals surface area (Å²) in [5, 5.41) is 13.6. The average Bonchev–Trinajstić information content (AvgIpc) is 3.12. The number of hydrogen-bond donors (Lipinski definition) is 1. The summed E-state index contributed by atoms with van der Waals surface area (Å²) < 4.78 is 20.1. The van der Waals surface area contributed by atoms with Gasteiger partial charge < -0.3 is 19.6 Å². The molecule has 200 valence electrons. The Kier molecular flexibility index (Phi) is 9.49. The van der Waals surface area contributed by atoms with Gasteiger partial charge >= 0.3 is 0 Å². The molecule has 1 unspecified atom stereocenters. The van der Waals surface area contributed by atoms with Crippen molar-refractivity contribution >= 4 is 17.4 Å². The van der Waals surface area contributed by atoms with Crippen molar-refractivity contribution in [3.05, 3.63) is 70.5 Å². The summed E-state index contributed by atoms with van der Waals surface area (Å²) in [5.41, 5.74) is 1.70. The number of benzene rings is 2. The van der Waals surface area contributed by atoms with Crippen LogP contribution in [0.15, 0.2) is 48.0 Å². The smallest absolute Gasteiger partial charge is 0.295 e. The van der Waals surface area contributed by atoms with Gasteiger partial charge in [0.1, 0.15) is 0 Å². The van der Waals surface area contributed by atoms with Crippen molar-refractivity contribution < 1.29 is 28.7 Å². The SMILES string of the molecule is CC[NH+](CC)CCCN1C(=O)C(=O)C(=C([O-])c2ccc(OC(C)C)c(F)c2)C1c1ccc(C(C)C)cc1. The first-order chi connectivity index (χ1) is 17.6. The highest BCUT2D eigenvalue weighted by atomic mass is 19.1. The number of quaternary nitrogens is 1. The van der Waals surface area contributed by atoms with Gasteiger partial charge in [0.05, 0.1) is 31.8 Å². The van der Waals surface area contributed by atoms with E-state index in [0.717, 1.165) is 31.3 Å². The lowest BCUT2D eigenvalue weighted by molar-refractivity contribution is -0.896. The van der Waals surface area contributed by atoms with Crippen molar-refractivity contribution in [1.29, 1.82) is 0 Å². The first-order valence-corrected chi connectivity index (χ1v) is 13.2. The van der Waals surface area contributed by atoms with Crippen molar-refractivity contribution in [2.75, 3.05) is 26.2 Å². The van der Waals surface area contributed by atoms with Gasteiger partial charge in [-0.2, -0.15) is 0 Å². The summed E-state index contributed by atoms with van der Waals surface area (Å²) in [4.78, 5) is 29.3. The maximum Gasteiger partial charge on any atom is 0.295 e. The Hall–Kier alpha value is -3.19. The van der Waals surface area contributed by atoms with Crippen LogP contribution >= 0.6 is 0 Å². The van der Waals surface area contributed by atoms with E-state index in [0.29, 0.717) is 24.4 Å². The van der Waals surface area contributed by atoms with Crippen LogP contribution in [0.1, 0.15) is 76.6 Å². The van der Waals surface area contributed by atoms with E-state index in [1.54, 1.807) is 13.8 Å². The topological polar surface area (TPSA) is 74.1 Å². The molecular weight excluding hydrogens is 471 g/mol. The average molecular weight is 511 g/mol. The Labute approximate surface area is 219 Å². The number of ketones is 1. The molecule has 0 saturated carbocycles. The van der Waals surface area contributed by atoms with Crippen molar-refractivity contribution in [2.24, 2.45) is 0 Å². The van der Waals surface area contributed by atoms with Gasteiger partial charge in [0.25, 0.3) is 5.91 Å². The van der Waals surface area contributed by atoms with E-state index >= 15 is 0 Å². The number of carbonyl (C=O) groups excluding carboxylic acids is 2. The summed E-state index contributed by atoms with van der Waals surface area (Å²) in [5.74, 6) is -2.48. The van der Waals surface area contributed by atoms with Gasteiger partial charge in [-0.05, 0) is 62.4 Å². The number of rotatable bonds is 11. The Morgan fingerprint density at radius 3 is 2.24 bits per heavy atom. The lowest BCUT2D eigenvalue weighted by atomic mass is 9.93. The van der Waals surface area contributed by atoms with Crippen LogP contribution in [0, 0.1) is 5.82 Å². The van der Waals surface area contributed by atoms with Crippen LogP contribution < -0.4 is 14.7 Å². The highest BCUT2D eigenvalue weighted by Gasteiger charge is 2.44. The molecule has 0 bridgehead atoms. The molecule has 2 aromatic carbocycles. The van der Waals surface area contributed by atoms with Gasteiger partial charge in [0.15, 0.2) is 11.6 Å². The van der Waals surface area contributed by atoms with E-state index < -0.39 is 29.3 Å². The van der Waals surface area contributed by atoms with Gasteiger partial charge in [-0.25, -0.2) is 4.39 Å². The number of likely N-dealkylation sites (tertiary alicyclic amines) is 1. The van der Waals surface area contributed by atoms with E-state index in [1.807, 2.05) is 24.3 Å². The molecule has 0 radical (unpaired) electrons. The summed E-state index contributed by atoms with van der Waals surface area (Å²) in [7, 11) is 0. The number of hydrogen-bond acceptors (Lipinski definition) is 4. The number of amides is 1. The van der Waals surface area contributed by atoms with Gasteiger partial charge in [-0.15, -0.1) is 0 Å². The fourth-order valence-electron chi connectivity index (χ4n) is 4.76. The maximum absolute atomic E-state index is 14.7. The molecule has 1 amide bonds. The van der Waals surface area contributed by atoms with Gasteiger partial charge in [-0.1, -0.05) is 49.9 Å². The minimum atomic E-state index is -0.818. The zero-order valence-electron chi connectivity index (χ0n) is 22.8. The molecule has 2 aromatic rings. The lowest BCUT2D eigenvalue weighted by Crippen LogP contribution is -3.11. The second-order valence-electron chi connectivity index (χ2n) is 10.2. The van der Waals surface area contributed by atoms with E-state index in [-0.39, 0.29) is 23.0 Å². The monoisotopic (exact) mass is 510 g/mol. The Morgan fingerprint density at radius 1 is 1.05 bits per heavy atom. The first-order valence-electron chi connectivity index (χ1n) is 13.2. The van der Waals surface area contributed by atoms with Crippen molar-refractivity contribution in [3.8, 4) is 5.75 Å². The Bertz CT molecular complexity index is 1140. The van der Waals surface area contributed by atoms with E-state index in [1.165, 1.54) is 21.9 Å². The van der Waals surface area contributed by atoms with Crippen LogP contribution in [-0.2, 0) is 9.59 Å². The molecule has 6 nitrogen and oxygen atoms in total. The molecule has 0 aliphatic carbocycles. The van der Waals surface area contributed by atoms with Crippen molar-refractivity contribution in [3.63, 3.8) is 0 Å². The molecule has 1 saturated heterocycles. The fraction of sp³-hybridized carbons (Fsp3) is 0.467. The van der Waals surface area contributed by atoms with Crippen LogP contribution in [-0.4, -0.2) is 48.9 Å². The minimum absolute atomic E-state index is 0.0167. The quantitative estimate of drug-likeness (QED) is 0.286. The normalized spacial score (nSPS) is 17.5. The summed E-state index contributed by atoms with van der Waals surface area (Å²) >= 11 is 0. The number of nitrogens with one attached hydrogen (secondary N) is 1. The van der Waals surface area contributed by atoms with Gasteiger partial charge in [0.2, 0.25) is 5.78 Å². The molecule has 1 fully saturated rings. The second-order valence-corrected chi connectivity index (χ2v) is 10.2. The molecule has 37 heavy (non-hydrogen) atoms.